The van der Waals surface area contributed by atoms with E-state index < -0.39 is 6.10 Å². The number of pyridine rings is 1. The minimum atomic E-state index is -0.577. The Hall–Kier alpha value is -2.19. The number of carbonyl (C=O) groups excluding carboxylic acids is 1. The average Bonchev–Trinajstić information content (AvgIpc) is 2.92. The predicted molar refractivity (Wildman–Crippen MR) is 84.4 cm³/mol. The Labute approximate surface area is 132 Å². The fourth-order valence-corrected chi connectivity index (χ4v) is 2.41. The van der Waals surface area contributed by atoms with Gasteiger partial charge in [-0.2, -0.15) is 0 Å². The molecular formula is C14H18N4O3S. The van der Waals surface area contributed by atoms with Gasteiger partial charge in [0.15, 0.2) is 5.13 Å². The Morgan fingerprint density at radius 3 is 3.00 bits per heavy atom. The lowest BCUT2D eigenvalue weighted by Crippen LogP contribution is -2.39. The minimum Gasteiger partial charge on any atom is -0.443 e. The number of nitrogens with zero attached hydrogens (tertiary/aromatic N) is 3. The number of carbonyl (C=O) groups is 1. The molecule has 0 radical (unpaired) electrons. The molecule has 0 saturated heterocycles. The number of ether oxygens (including phenoxy) is 1. The second kappa shape index (κ2) is 7.71. The Morgan fingerprint density at radius 2 is 2.36 bits per heavy atom. The lowest BCUT2D eigenvalue weighted by atomic mass is 10.4. The zero-order valence-corrected chi connectivity index (χ0v) is 13.2. The van der Waals surface area contributed by atoms with E-state index >= 15 is 0 Å². The Bertz CT molecular complexity index is 603. The summed E-state index contributed by atoms with van der Waals surface area (Å²) in [7, 11) is 0. The summed E-state index contributed by atoms with van der Waals surface area (Å²) in [6, 6.07) is 3.26. The molecule has 118 valence electrons. The van der Waals surface area contributed by atoms with E-state index in [4.69, 9.17) is 4.74 Å². The molecule has 0 fully saturated rings. The number of urea groups is 1. The molecule has 2 aromatic rings. The van der Waals surface area contributed by atoms with Crippen LogP contribution in [0.4, 0.5) is 9.93 Å². The van der Waals surface area contributed by atoms with Crippen LogP contribution in [0.5, 0.6) is 10.8 Å². The number of thiazole rings is 1. The topological polar surface area (TPSA) is 87.6 Å². The molecule has 7 nitrogen and oxygen atoms in total. The Morgan fingerprint density at radius 1 is 1.55 bits per heavy atom. The van der Waals surface area contributed by atoms with Crippen LogP contribution in [-0.4, -0.2) is 45.2 Å². The third kappa shape index (κ3) is 4.68. The molecule has 22 heavy (non-hydrogen) atoms. The largest absolute Gasteiger partial charge is 0.443 e. The van der Waals surface area contributed by atoms with Gasteiger partial charge in [-0.05, 0) is 26.0 Å². The van der Waals surface area contributed by atoms with E-state index in [0.29, 0.717) is 22.5 Å². The van der Waals surface area contributed by atoms with Gasteiger partial charge < -0.3 is 14.7 Å². The molecule has 2 rings (SSSR count). The number of anilines is 1. The molecule has 0 spiro atoms. The summed E-state index contributed by atoms with van der Waals surface area (Å²) in [5.74, 6) is 0.605. The van der Waals surface area contributed by atoms with Crippen molar-refractivity contribution in [1.29, 1.82) is 0 Å². The highest BCUT2D eigenvalue weighted by Gasteiger charge is 2.15. The van der Waals surface area contributed by atoms with E-state index in [0.717, 1.165) is 0 Å². The third-order valence-electron chi connectivity index (χ3n) is 2.70. The Kier molecular flexibility index (Phi) is 5.68. The summed E-state index contributed by atoms with van der Waals surface area (Å²) < 4.78 is 5.58. The number of likely N-dealkylation sites (N-methyl/N-ethyl adjacent to an activating group) is 1. The summed E-state index contributed by atoms with van der Waals surface area (Å²) in [4.78, 5) is 21.6. The molecule has 0 aromatic carbocycles. The number of hydrogen-bond acceptors (Lipinski definition) is 6. The summed E-state index contributed by atoms with van der Waals surface area (Å²) in [5, 5.41) is 13.1. The van der Waals surface area contributed by atoms with Crippen molar-refractivity contribution >= 4 is 22.5 Å². The van der Waals surface area contributed by atoms with Gasteiger partial charge in [0.25, 0.3) is 0 Å². The number of aliphatic hydroxyl groups excluding tert-OH is 1. The summed E-state index contributed by atoms with van der Waals surface area (Å²) >= 11 is 1.22. The molecule has 0 aliphatic rings. The third-order valence-corrected chi connectivity index (χ3v) is 3.50. The maximum absolute atomic E-state index is 12.1. The van der Waals surface area contributed by atoms with Gasteiger partial charge in [-0.1, -0.05) is 11.3 Å². The second-order valence-corrected chi connectivity index (χ2v) is 5.59. The number of amides is 2. The number of aromatic nitrogens is 2. The first kappa shape index (κ1) is 16.2. The van der Waals surface area contributed by atoms with Gasteiger partial charge in [0.05, 0.1) is 18.5 Å². The highest BCUT2D eigenvalue weighted by atomic mass is 32.1. The lowest BCUT2D eigenvalue weighted by molar-refractivity contribution is 0.141. The molecule has 0 aliphatic carbocycles. The molecule has 1 atom stereocenters. The second-order valence-electron chi connectivity index (χ2n) is 4.59. The SMILES string of the molecule is CCN(C[C@H](C)O)C(=O)Nc1ncc(Oc2cccnc2)s1. The van der Waals surface area contributed by atoms with E-state index in [2.05, 4.69) is 15.3 Å². The van der Waals surface area contributed by atoms with Crippen LogP contribution in [0.2, 0.25) is 0 Å². The van der Waals surface area contributed by atoms with E-state index in [1.165, 1.54) is 22.4 Å². The zero-order chi connectivity index (χ0) is 15.9. The number of aliphatic hydroxyl groups is 1. The molecule has 2 amide bonds. The van der Waals surface area contributed by atoms with Gasteiger partial charge in [0, 0.05) is 19.3 Å². The molecular weight excluding hydrogens is 304 g/mol. The Balaban J connectivity index is 1.95. The first-order valence-corrected chi connectivity index (χ1v) is 7.67. The van der Waals surface area contributed by atoms with Gasteiger partial charge >= 0.3 is 6.03 Å². The van der Waals surface area contributed by atoms with E-state index in [-0.39, 0.29) is 12.6 Å². The maximum atomic E-state index is 12.1. The standard InChI is InChI=1S/C14H18N4O3S/c1-3-18(9-10(2)19)14(20)17-13-16-8-12(22-13)21-11-5-4-6-15-7-11/h4-8,10,19H,3,9H2,1-2H3,(H,16,17,20)/t10-/m0/s1. The van der Waals surface area contributed by atoms with E-state index in [1.54, 1.807) is 31.5 Å². The number of rotatable bonds is 6. The highest BCUT2D eigenvalue weighted by molar-refractivity contribution is 7.17. The van der Waals surface area contributed by atoms with Crippen molar-refractivity contribution in [1.82, 2.24) is 14.9 Å². The van der Waals surface area contributed by atoms with Crippen LogP contribution in [0.1, 0.15) is 13.8 Å². The summed E-state index contributed by atoms with van der Waals surface area (Å²) in [6.45, 7) is 4.26. The normalized spacial score (nSPS) is 11.8. The monoisotopic (exact) mass is 322 g/mol. The van der Waals surface area contributed by atoms with E-state index in [9.17, 15) is 9.90 Å². The summed E-state index contributed by atoms with van der Waals surface area (Å²) in [5.41, 5.74) is 0. The van der Waals surface area contributed by atoms with Crippen molar-refractivity contribution in [2.24, 2.45) is 0 Å². The van der Waals surface area contributed by atoms with Gasteiger partial charge in [-0.15, -0.1) is 0 Å². The first-order valence-electron chi connectivity index (χ1n) is 6.86. The van der Waals surface area contributed by atoms with E-state index in [1.807, 2.05) is 6.92 Å². The number of hydrogen-bond donors (Lipinski definition) is 2. The van der Waals surface area contributed by atoms with Gasteiger partial charge in [0.2, 0.25) is 5.06 Å². The molecule has 0 saturated carbocycles. The van der Waals surface area contributed by atoms with Crippen molar-refractivity contribution in [3.8, 4) is 10.8 Å². The minimum absolute atomic E-state index is 0.271. The fourth-order valence-electron chi connectivity index (χ4n) is 1.73. The van der Waals surface area contributed by atoms with Gasteiger partial charge in [-0.3, -0.25) is 10.3 Å². The maximum Gasteiger partial charge on any atom is 0.323 e. The van der Waals surface area contributed by atoms with Crippen molar-refractivity contribution in [2.75, 3.05) is 18.4 Å². The van der Waals surface area contributed by atoms with Crippen LogP contribution in [0.25, 0.3) is 0 Å². The molecule has 2 aromatic heterocycles. The summed E-state index contributed by atoms with van der Waals surface area (Å²) in [6.07, 6.45) is 4.22. The van der Waals surface area contributed by atoms with Crippen LogP contribution in [-0.2, 0) is 0 Å². The number of nitrogens with one attached hydrogen (secondary N) is 1. The predicted octanol–water partition coefficient (Wildman–Crippen LogP) is 2.57. The first-order chi connectivity index (χ1) is 10.6. The van der Waals surface area contributed by atoms with Crippen molar-refractivity contribution in [2.45, 2.75) is 20.0 Å². The molecule has 2 heterocycles. The molecule has 0 unspecified atom stereocenters. The quantitative estimate of drug-likeness (QED) is 0.853. The highest BCUT2D eigenvalue weighted by Crippen LogP contribution is 2.29. The van der Waals surface area contributed by atoms with Crippen LogP contribution in [0, 0.1) is 0 Å². The average molecular weight is 322 g/mol. The van der Waals surface area contributed by atoms with Crippen molar-refractivity contribution in [3.05, 3.63) is 30.7 Å². The van der Waals surface area contributed by atoms with Crippen LogP contribution >= 0.6 is 11.3 Å². The van der Waals surface area contributed by atoms with Crippen LogP contribution in [0.3, 0.4) is 0 Å². The van der Waals surface area contributed by atoms with Gasteiger partial charge in [-0.25, -0.2) is 9.78 Å². The van der Waals surface area contributed by atoms with Crippen LogP contribution < -0.4 is 10.1 Å². The lowest BCUT2D eigenvalue weighted by Gasteiger charge is -2.21. The van der Waals surface area contributed by atoms with Crippen molar-refractivity contribution < 1.29 is 14.6 Å². The molecule has 8 heteroatoms. The van der Waals surface area contributed by atoms with Gasteiger partial charge in [0.1, 0.15) is 5.75 Å². The molecule has 0 bridgehead atoms. The molecule has 2 N–H and O–H groups in total. The zero-order valence-electron chi connectivity index (χ0n) is 12.4. The fraction of sp³-hybridized carbons (Fsp3) is 0.357. The smallest absolute Gasteiger partial charge is 0.323 e. The van der Waals surface area contributed by atoms with Crippen molar-refractivity contribution in [3.63, 3.8) is 0 Å². The molecule has 0 aliphatic heterocycles. The van der Waals surface area contributed by atoms with Crippen LogP contribution in [0.15, 0.2) is 30.7 Å².